The second kappa shape index (κ2) is 7.98. The Bertz CT molecular complexity index is 1390. The van der Waals surface area contributed by atoms with Crippen LogP contribution >= 0.6 is 0 Å². The van der Waals surface area contributed by atoms with Gasteiger partial charge in [0.15, 0.2) is 0 Å². The van der Waals surface area contributed by atoms with Gasteiger partial charge in [-0.05, 0) is 19.1 Å². The lowest BCUT2D eigenvalue weighted by molar-refractivity contribution is -0.384. The molecule has 0 saturated heterocycles. The number of carbonyl (C=O) groups excluding carboxylic acids is 1. The number of nitro groups is 1. The number of non-ortho nitro benzene ring substituents is 1. The van der Waals surface area contributed by atoms with Gasteiger partial charge in [-0.1, -0.05) is 18.2 Å². The Hall–Kier alpha value is -4.08. The molecule has 0 fully saturated rings. The summed E-state index contributed by atoms with van der Waals surface area (Å²) in [5.41, 5.74) is 1.65. The summed E-state index contributed by atoms with van der Waals surface area (Å²) < 4.78 is 3.01. The summed E-state index contributed by atoms with van der Waals surface area (Å²) in [7, 11) is 1.82. The molecule has 0 aliphatic heterocycles. The van der Waals surface area contributed by atoms with Crippen LogP contribution in [-0.2, 0) is 24.8 Å². The second-order valence-electron chi connectivity index (χ2n) is 7.21. The van der Waals surface area contributed by atoms with Crippen LogP contribution in [0.2, 0.25) is 0 Å². The summed E-state index contributed by atoms with van der Waals surface area (Å²) in [5, 5.41) is 19.3. The van der Waals surface area contributed by atoms with Crippen LogP contribution in [0.5, 0.6) is 0 Å². The second-order valence-corrected chi connectivity index (χ2v) is 7.21. The smallest absolute Gasteiger partial charge is 0.275 e. The monoisotopic (exact) mass is 420 g/mol. The standard InChI is InChI=1S/C21H20N6O4/c1-13-15-5-3-4-6-16(15)21(29)26(24-13)12-20(28)22-10-9-19-23-17-11-14(27(30)31)7-8-18(17)25(19)2/h3-8,11H,9-10,12H2,1-2H3,(H,22,28). The Morgan fingerprint density at radius 3 is 2.68 bits per heavy atom. The number of rotatable bonds is 6. The highest BCUT2D eigenvalue weighted by Crippen LogP contribution is 2.21. The molecule has 0 aliphatic carbocycles. The average molecular weight is 420 g/mol. The molecule has 0 unspecified atom stereocenters. The molecule has 1 N–H and O–H groups in total. The van der Waals surface area contributed by atoms with E-state index >= 15 is 0 Å². The molecule has 1 amide bonds. The van der Waals surface area contributed by atoms with Gasteiger partial charge in [0, 0.05) is 37.5 Å². The summed E-state index contributed by atoms with van der Waals surface area (Å²) in [4.78, 5) is 39.9. The van der Waals surface area contributed by atoms with E-state index in [0.29, 0.717) is 35.4 Å². The summed E-state index contributed by atoms with van der Waals surface area (Å²) in [6.45, 7) is 1.92. The van der Waals surface area contributed by atoms with E-state index in [-0.39, 0.29) is 23.7 Å². The Kier molecular flexibility index (Phi) is 5.20. The Balaban J connectivity index is 1.44. The van der Waals surface area contributed by atoms with Crippen LogP contribution in [0.1, 0.15) is 11.5 Å². The predicted molar refractivity (Wildman–Crippen MR) is 115 cm³/mol. The van der Waals surface area contributed by atoms with Gasteiger partial charge in [-0.25, -0.2) is 9.67 Å². The third kappa shape index (κ3) is 3.87. The molecule has 2 aromatic carbocycles. The maximum Gasteiger partial charge on any atom is 0.275 e. The minimum Gasteiger partial charge on any atom is -0.354 e. The molecule has 0 spiro atoms. The van der Waals surface area contributed by atoms with Crippen molar-refractivity contribution in [3.05, 3.63) is 74.5 Å². The molecule has 10 heteroatoms. The van der Waals surface area contributed by atoms with E-state index in [1.54, 1.807) is 25.1 Å². The SMILES string of the molecule is Cc1nn(CC(=O)NCCc2nc3cc([N+](=O)[O-])ccc3n2C)c(=O)c2ccccc12. The third-order valence-corrected chi connectivity index (χ3v) is 5.18. The van der Waals surface area contributed by atoms with Crippen molar-refractivity contribution in [2.45, 2.75) is 19.9 Å². The van der Waals surface area contributed by atoms with E-state index in [0.717, 1.165) is 10.9 Å². The van der Waals surface area contributed by atoms with Crippen LogP contribution in [0.3, 0.4) is 0 Å². The summed E-state index contributed by atoms with van der Waals surface area (Å²) in [6, 6.07) is 11.7. The van der Waals surface area contributed by atoms with E-state index in [2.05, 4.69) is 15.4 Å². The van der Waals surface area contributed by atoms with Gasteiger partial charge in [-0.15, -0.1) is 0 Å². The number of hydrogen-bond donors (Lipinski definition) is 1. The largest absolute Gasteiger partial charge is 0.354 e. The van der Waals surface area contributed by atoms with E-state index in [1.165, 1.54) is 16.8 Å². The maximum atomic E-state index is 12.6. The number of carbonyl (C=O) groups is 1. The quantitative estimate of drug-likeness (QED) is 0.375. The minimum atomic E-state index is -0.460. The molecule has 4 aromatic rings. The molecule has 2 heterocycles. The zero-order valence-electron chi connectivity index (χ0n) is 17.0. The van der Waals surface area contributed by atoms with Crippen molar-refractivity contribution in [2.75, 3.05) is 6.54 Å². The van der Waals surface area contributed by atoms with E-state index in [1.807, 2.05) is 23.7 Å². The average Bonchev–Trinajstić information content (AvgIpc) is 3.07. The lowest BCUT2D eigenvalue weighted by atomic mass is 10.1. The number of aromatic nitrogens is 4. The fourth-order valence-corrected chi connectivity index (χ4v) is 3.59. The van der Waals surface area contributed by atoms with Gasteiger partial charge in [0.25, 0.3) is 11.2 Å². The van der Waals surface area contributed by atoms with Crippen LogP contribution in [0.25, 0.3) is 21.8 Å². The number of imidazole rings is 1. The van der Waals surface area contributed by atoms with Crippen molar-refractivity contribution in [1.82, 2.24) is 24.6 Å². The molecule has 0 saturated carbocycles. The maximum absolute atomic E-state index is 12.6. The van der Waals surface area contributed by atoms with Crippen LogP contribution in [0.4, 0.5) is 5.69 Å². The lowest BCUT2D eigenvalue weighted by Crippen LogP contribution is -2.35. The molecule has 4 rings (SSSR count). The zero-order valence-corrected chi connectivity index (χ0v) is 17.0. The number of amides is 1. The molecule has 0 aliphatic rings. The lowest BCUT2D eigenvalue weighted by Gasteiger charge is -2.09. The van der Waals surface area contributed by atoms with Gasteiger partial charge in [-0.2, -0.15) is 5.10 Å². The van der Waals surface area contributed by atoms with E-state index < -0.39 is 4.92 Å². The normalized spacial score (nSPS) is 11.2. The van der Waals surface area contributed by atoms with Gasteiger partial charge in [0.2, 0.25) is 5.91 Å². The number of nitrogens with one attached hydrogen (secondary N) is 1. The molecule has 0 bridgehead atoms. The van der Waals surface area contributed by atoms with Crippen LogP contribution in [0, 0.1) is 17.0 Å². The first-order valence-corrected chi connectivity index (χ1v) is 9.68. The molecule has 0 atom stereocenters. The van der Waals surface area contributed by atoms with Crippen molar-refractivity contribution >= 4 is 33.4 Å². The number of hydrogen-bond acceptors (Lipinski definition) is 6. The summed E-state index contributed by atoms with van der Waals surface area (Å²) >= 11 is 0. The van der Waals surface area contributed by atoms with Crippen LogP contribution < -0.4 is 10.9 Å². The highest BCUT2D eigenvalue weighted by molar-refractivity contribution is 5.84. The van der Waals surface area contributed by atoms with Crippen LogP contribution in [0.15, 0.2) is 47.3 Å². The first-order chi connectivity index (χ1) is 14.8. The summed E-state index contributed by atoms with van der Waals surface area (Å²) in [5.74, 6) is 0.353. The number of fused-ring (bicyclic) bond motifs is 2. The first-order valence-electron chi connectivity index (χ1n) is 9.68. The van der Waals surface area contributed by atoms with Crippen LogP contribution in [-0.4, -0.2) is 36.7 Å². The van der Waals surface area contributed by atoms with Crippen molar-refractivity contribution in [3.63, 3.8) is 0 Å². The molecular weight excluding hydrogens is 400 g/mol. The first kappa shape index (κ1) is 20.2. The highest BCUT2D eigenvalue weighted by atomic mass is 16.6. The molecule has 31 heavy (non-hydrogen) atoms. The molecular formula is C21H20N6O4. The zero-order chi connectivity index (χ0) is 22.1. The number of benzene rings is 2. The van der Waals surface area contributed by atoms with Crippen molar-refractivity contribution < 1.29 is 9.72 Å². The number of aryl methyl sites for hydroxylation is 2. The number of nitrogens with zero attached hydrogens (tertiary/aromatic N) is 5. The fraction of sp³-hybridized carbons (Fsp3) is 0.238. The van der Waals surface area contributed by atoms with Crippen molar-refractivity contribution in [3.8, 4) is 0 Å². The fourth-order valence-electron chi connectivity index (χ4n) is 3.59. The van der Waals surface area contributed by atoms with Gasteiger partial charge in [-0.3, -0.25) is 19.7 Å². The molecule has 158 valence electrons. The van der Waals surface area contributed by atoms with Gasteiger partial charge < -0.3 is 9.88 Å². The van der Waals surface area contributed by atoms with Gasteiger partial charge >= 0.3 is 0 Å². The van der Waals surface area contributed by atoms with E-state index in [9.17, 15) is 19.7 Å². The third-order valence-electron chi connectivity index (χ3n) is 5.18. The highest BCUT2D eigenvalue weighted by Gasteiger charge is 2.14. The Labute approximate surface area is 176 Å². The van der Waals surface area contributed by atoms with Crippen molar-refractivity contribution in [1.29, 1.82) is 0 Å². The minimum absolute atomic E-state index is 0.0194. The Morgan fingerprint density at radius 1 is 1.19 bits per heavy atom. The topological polar surface area (TPSA) is 125 Å². The molecule has 0 radical (unpaired) electrons. The van der Waals surface area contributed by atoms with Crippen molar-refractivity contribution in [2.24, 2.45) is 7.05 Å². The summed E-state index contributed by atoms with van der Waals surface area (Å²) in [6.07, 6.45) is 0.434. The van der Waals surface area contributed by atoms with Gasteiger partial charge in [0.1, 0.15) is 12.4 Å². The van der Waals surface area contributed by atoms with E-state index in [4.69, 9.17) is 0 Å². The molecule has 2 aromatic heterocycles. The van der Waals surface area contributed by atoms with Gasteiger partial charge in [0.05, 0.1) is 27.0 Å². The number of nitro benzene ring substituents is 1. The predicted octanol–water partition coefficient (Wildman–Crippen LogP) is 1.86. The Morgan fingerprint density at radius 2 is 1.94 bits per heavy atom. The molecule has 10 nitrogen and oxygen atoms in total.